The standard InChI is InChI=1S/C10H17N5O/c1-3-4-13-10(16)7-14-9-6-12-5-8(11-2)15-9/h5-6H,3-4,7H2,1-2H3,(H,13,16)(H2,11,14,15). The fourth-order valence-electron chi connectivity index (χ4n) is 1.07. The van der Waals surface area contributed by atoms with E-state index in [0.29, 0.717) is 18.2 Å². The average molecular weight is 223 g/mol. The van der Waals surface area contributed by atoms with E-state index < -0.39 is 0 Å². The van der Waals surface area contributed by atoms with Gasteiger partial charge in [-0.1, -0.05) is 6.92 Å². The van der Waals surface area contributed by atoms with E-state index in [1.165, 1.54) is 0 Å². The smallest absolute Gasteiger partial charge is 0.239 e. The van der Waals surface area contributed by atoms with Crippen molar-refractivity contribution in [2.45, 2.75) is 13.3 Å². The highest BCUT2D eigenvalue weighted by molar-refractivity contribution is 5.80. The van der Waals surface area contributed by atoms with Crippen molar-refractivity contribution in [2.24, 2.45) is 0 Å². The van der Waals surface area contributed by atoms with E-state index in [2.05, 4.69) is 25.9 Å². The predicted octanol–water partition coefficient (Wildman–Crippen LogP) is 0.456. The zero-order valence-corrected chi connectivity index (χ0v) is 9.58. The summed E-state index contributed by atoms with van der Waals surface area (Å²) >= 11 is 0. The van der Waals surface area contributed by atoms with Gasteiger partial charge in [0.1, 0.15) is 11.6 Å². The number of carbonyl (C=O) groups is 1. The van der Waals surface area contributed by atoms with E-state index in [4.69, 9.17) is 0 Å². The first-order chi connectivity index (χ1) is 7.76. The van der Waals surface area contributed by atoms with E-state index in [1.54, 1.807) is 19.4 Å². The van der Waals surface area contributed by atoms with Crippen molar-refractivity contribution in [3.05, 3.63) is 12.4 Å². The molecule has 0 unspecified atom stereocenters. The Morgan fingerprint density at radius 3 is 2.81 bits per heavy atom. The van der Waals surface area contributed by atoms with Gasteiger partial charge in [0, 0.05) is 13.6 Å². The summed E-state index contributed by atoms with van der Waals surface area (Å²) in [6.07, 6.45) is 4.12. The Balaban J connectivity index is 2.38. The van der Waals surface area contributed by atoms with E-state index in [-0.39, 0.29) is 12.5 Å². The van der Waals surface area contributed by atoms with Crippen LogP contribution in [0.25, 0.3) is 0 Å². The molecule has 0 aliphatic heterocycles. The Labute approximate surface area is 94.9 Å². The van der Waals surface area contributed by atoms with Gasteiger partial charge in [0.2, 0.25) is 5.91 Å². The van der Waals surface area contributed by atoms with Crippen LogP contribution >= 0.6 is 0 Å². The Morgan fingerprint density at radius 2 is 2.12 bits per heavy atom. The van der Waals surface area contributed by atoms with Crippen molar-refractivity contribution in [2.75, 3.05) is 30.8 Å². The highest BCUT2D eigenvalue weighted by atomic mass is 16.1. The van der Waals surface area contributed by atoms with Gasteiger partial charge < -0.3 is 16.0 Å². The van der Waals surface area contributed by atoms with E-state index >= 15 is 0 Å². The number of nitrogens with one attached hydrogen (secondary N) is 3. The summed E-state index contributed by atoms with van der Waals surface area (Å²) in [5.74, 6) is 1.20. The monoisotopic (exact) mass is 223 g/mol. The fraction of sp³-hybridized carbons (Fsp3) is 0.500. The van der Waals surface area contributed by atoms with Crippen LogP contribution in [0.1, 0.15) is 13.3 Å². The van der Waals surface area contributed by atoms with Crippen LogP contribution in [-0.2, 0) is 4.79 Å². The Morgan fingerprint density at radius 1 is 1.38 bits per heavy atom. The zero-order valence-electron chi connectivity index (χ0n) is 9.58. The normalized spacial score (nSPS) is 9.62. The van der Waals surface area contributed by atoms with Gasteiger partial charge in [0.25, 0.3) is 0 Å². The van der Waals surface area contributed by atoms with Gasteiger partial charge in [-0.25, -0.2) is 4.98 Å². The second-order valence-electron chi connectivity index (χ2n) is 3.24. The zero-order chi connectivity index (χ0) is 11.8. The average Bonchev–Trinajstić information content (AvgIpc) is 2.34. The van der Waals surface area contributed by atoms with Gasteiger partial charge in [0.15, 0.2) is 0 Å². The molecule has 0 saturated carbocycles. The molecule has 0 aromatic carbocycles. The number of hydrogen-bond donors (Lipinski definition) is 3. The summed E-state index contributed by atoms with van der Waals surface area (Å²) in [5.41, 5.74) is 0. The molecule has 1 aromatic rings. The van der Waals surface area contributed by atoms with Crippen molar-refractivity contribution in [1.29, 1.82) is 0 Å². The molecule has 0 aliphatic rings. The number of anilines is 2. The molecule has 6 nitrogen and oxygen atoms in total. The summed E-state index contributed by atoms with van der Waals surface area (Å²) < 4.78 is 0. The molecule has 0 atom stereocenters. The molecular weight excluding hydrogens is 206 g/mol. The molecule has 88 valence electrons. The first kappa shape index (κ1) is 12.2. The summed E-state index contributed by atoms with van der Waals surface area (Å²) in [7, 11) is 1.77. The minimum absolute atomic E-state index is 0.0430. The molecule has 1 rings (SSSR count). The molecule has 16 heavy (non-hydrogen) atoms. The Bertz CT molecular complexity index is 342. The van der Waals surface area contributed by atoms with Crippen LogP contribution in [0.5, 0.6) is 0 Å². The lowest BCUT2D eigenvalue weighted by Crippen LogP contribution is -2.30. The van der Waals surface area contributed by atoms with Crippen molar-refractivity contribution in [1.82, 2.24) is 15.3 Å². The summed E-state index contributed by atoms with van der Waals surface area (Å²) in [4.78, 5) is 19.4. The number of amides is 1. The highest BCUT2D eigenvalue weighted by Gasteiger charge is 2.01. The van der Waals surface area contributed by atoms with Crippen LogP contribution in [0.2, 0.25) is 0 Å². The molecule has 1 aromatic heterocycles. The molecular formula is C10H17N5O. The minimum Gasteiger partial charge on any atom is -0.372 e. The van der Waals surface area contributed by atoms with Crippen molar-refractivity contribution >= 4 is 17.5 Å². The van der Waals surface area contributed by atoms with E-state index in [0.717, 1.165) is 6.42 Å². The van der Waals surface area contributed by atoms with E-state index in [1.807, 2.05) is 6.92 Å². The maximum Gasteiger partial charge on any atom is 0.239 e. The third-order valence-electron chi connectivity index (χ3n) is 1.89. The van der Waals surface area contributed by atoms with Crippen LogP contribution in [-0.4, -0.2) is 36.0 Å². The van der Waals surface area contributed by atoms with Gasteiger partial charge in [0.05, 0.1) is 18.9 Å². The van der Waals surface area contributed by atoms with Crippen molar-refractivity contribution < 1.29 is 4.79 Å². The van der Waals surface area contributed by atoms with Gasteiger partial charge in [-0.3, -0.25) is 9.78 Å². The molecule has 0 fully saturated rings. The molecule has 0 aliphatic carbocycles. The lowest BCUT2D eigenvalue weighted by atomic mass is 10.4. The number of nitrogens with zero attached hydrogens (tertiary/aromatic N) is 2. The quantitative estimate of drug-likeness (QED) is 0.653. The molecule has 1 heterocycles. The maximum absolute atomic E-state index is 11.3. The Kier molecular flexibility index (Phi) is 5.04. The lowest BCUT2D eigenvalue weighted by molar-refractivity contribution is -0.119. The fourth-order valence-corrected chi connectivity index (χ4v) is 1.07. The first-order valence-corrected chi connectivity index (χ1v) is 5.26. The Hall–Kier alpha value is -1.85. The first-order valence-electron chi connectivity index (χ1n) is 5.26. The number of aromatic nitrogens is 2. The lowest BCUT2D eigenvalue weighted by Gasteiger charge is -2.06. The largest absolute Gasteiger partial charge is 0.372 e. The molecule has 0 spiro atoms. The third-order valence-corrected chi connectivity index (χ3v) is 1.89. The van der Waals surface area contributed by atoms with E-state index in [9.17, 15) is 4.79 Å². The second kappa shape index (κ2) is 6.60. The topological polar surface area (TPSA) is 78.9 Å². The number of hydrogen-bond acceptors (Lipinski definition) is 5. The molecule has 3 N–H and O–H groups in total. The highest BCUT2D eigenvalue weighted by Crippen LogP contribution is 2.04. The summed E-state index contributed by atoms with van der Waals surface area (Å²) in [6, 6.07) is 0. The third kappa shape index (κ3) is 4.12. The van der Waals surface area contributed by atoms with Crippen LogP contribution in [0, 0.1) is 0 Å². The second-order valence-corrected chi connectivity index (χ2v) is 3.24. The van der Waals surface area contributed by atoms with Crippen LogP contribution in [0.3, 0.4) is 0 Å². The minimum atomic E-state index is -0.0430. The molecule has 6 heteroatoms. The van der Waals surface area contributed by atoms with Crippen molar-refractivity contribution in [3.8, 4) is 0 Å². The van der Waals surface area contributed by atoms with Gasteiger partial charge in [-0.15, -0.1) is 0 Å². The predicted molar refractivity (Wildman–Crippen MR) is 63.4 cm³/mol. The van der Waals surface area contributed by atoms with Gasteiger partial charge >= 0.3 is 0 Å². The molecule has 0 saturated heterocycles. The van der Waals surface area contributed by atoms with Crippen LogP contribution in [0.4, 0.5) is 11.6 Å². The number of carbonyl (C=O) groups excluding carboxylic acids is 1. The van der Waals surface area contributed by atoms with Gasteiger partial charge in [-0.2, -0.15) is 0 Å². The van der Waals surface area contributed by atoms with Crippen LogP contribution < -0.4 is 16.0 Å². The summed E-state index contributed by atoms with van der Waals surface area (Å²) in [6.45, 7) is 2.92. The molecule has 1 amide bonds. The maximum atomic E-state index is 11.3. The van der Waals surface area contributed by atoms with Crippen molar-refractivity contribution in [3.63, 3.8) is 0 Å². The van der Waals surface area contributed by atoms with Gasteiger partial charge in [-0.05, 0) is 6.42 Å². The summed E-state index contributed by atoms with van der Waals surface area (Å²) in [5, 5.41) is 8.54. The van der Waals surface area contributed by atoms with Crippen LogP contribution in [0.15, 0.2) is 12.4 Å². The molecule has 0 radical (unpaired) electrons. The molecule has 0 bridgehead atoms. The SMILES string of the molecule is CCCNC(=O)CNc1cncc(NC)n1. The number of rotatable bonds is 6.